The Hall–Kier alpha value is -0.730. The summed E-state index contributed by atoms with van der Waals surface area (Å²) >= 11 is 6.05. The van der Waals surface area contributed by atoms with Crippen molar-refractivity contribution in [2.45, 2.75) is 43.7 Å². The van der Waals surface area contributed by atoms with Gasteiger partial charge in [-0.25, -0.2) is 0 Å². The quantitative estimate of drug-likeness (QED) is 0.775. The maximum absolute atomic E-state index is 6.40. The molecule has 2 fully saturated rings. The van der Waals surface area contributed by atoms with E-state index in [0.717, 1.165) is 34.6 Å². The van der Waals surface area contributed by atoms with Gasteiger partial charge in [0.2, 0.25) is 0 Å². The highest BCUT2D eigenvalue weighted by Gasteiger charge is 2.55. The Morgan fingerprint density at radius 3 is 2.89 bits per heavy atom. The fourth-order valence-electron chi connectivity index (χ4n) is 4.41. The molecule has 0 saturated heterocycles. The Kier molecular flexibility index (Phi) is 2.25. The average molecular weight is 264 g/mol. The van der Waals surface area contributed by atoms with Gasteiger partial charge in [-0.05, 0) is 55.7 Å². The topological polar surface area (TPSA) is 35.2 Å². The first-order valence-corrected chi connectivity index (χ1v) is 7.28. The Bertz CT molecular complexity index is 503. The number of fused-ring (bicyclic) bond motifs is 4. The Morgan fingerprint density at radius 1 is 1.28 bits per heavy atom. The van der Waals surface area contributed by atoms with Gasteiger partial charge in [0.25, 0.3) is 0 Å². The first-order chi connectivity index (χ1) is 8.66. The fourth-order valence-corrected chi connectivity index (χ4v) is 4.59. The normalized spacial score (nSPS) is 40.9. The van der Waals surface area contributed by atoms with Crippen LogP contribution in [-0.4, -0.2) is 5.60 Å². The highest BCUT2D eigenvalue weighted by molar-refractivity contribution is 6.30. The van der Waals surface area contributed by atoms with Gasteiger partial charge in [-0.3, -0.25) is 0 Å². The van der Waals surface area contributed by atoms with E-state index in [1.807, 2.05) is 18.2 Å². The Morgan fingerprint density at radius 2 is 2.17 bits per heavy atom. The lowest BCUT2D eigenvalue weighted by Crippen LogP contribution is -2.47. The Balaban J connectivity index is 1.74. The molecule has 2 N–H and O–H groups in total. The molecule has 1 aromatic carbocycles. The summed E-state index contributed by atoms with van der Waals surface area (Å²) in [5, 5.41) is 0.747. The van der Waals surface area contributed by atoms with Gasteiger partial charge in [0.05, 0.1) is 0 Å². The number of hydrogen-bond donors (Lipinski definition) is 1. The Labute approximate surface area is 112 Å². The molecule has 3 aliphatic rings. The van der Waals surface area contributed by atoms with E-state index in [1.54, 1.807) is 0 Å². The maximum atomic E-state index is 6.40. The van der Waals surface area contributed by atoms with Crippen LogP contribution in [0, 0.1) is 11.8 Å². The second-order valence-electron chi connectivity index (χ2n) is 6.24. The van der Waals surface area contributed by atoms with Crippen LogP contribution < -0.4 is 10.5 Å². The minimum absolute atomic E-state index is 0.0309. The second kappa shape index (κ2) is 3.64. The summed E-state index contributed by atoms with van der Waals surface area (Å²) in [6.45, 7) is 0. The van der Waals surface area contributed by atoms with Gasteiger partial charge in [-0.2, -0.15) is 0 Å². The molecule has 1 heterocycles. The highest BCUT2D eigenvalue weighted by Crippen LogP contribution is 2.57. The number of ether oxygens (including phenoxy) is 1. The predicted molar refractivity (Wildman–Crippen MR) is 71.8 cm³/mol. The number of rotatable bonds is 0. The van der Waals surface area contributed by atoms with Gasteiger partial charge in [-0.1, -0.05) is 11.6 Å². The molecule has 18 heavy (non-hydrogen) atoms. The van der Waals surface area contributed by atoms with Crippen LogP contribution >= 0.6 is 11.6 Å². The van der Waals surface area contributed by atoms with E-state index in [0.29, 0.717) is 0 Å². The molecule has 3 heteroatoms. The summed E-state index contributed by atoms with van der Waals surface area (Å²) in [4.78, 5) is 0. The molecule has 0 radical (unpaired) electrons. The zero-order valence-corrected chi connectivity index (χ0v) is 11.1. The molecule has 3 unspecified atom stereocenters. The van der Waals surface area contributed by atoms with Crippen molar-refractivity contribution in [2.75, 3.05) is 0 Å². The number of benzene rings is 1. The molecular formula is C15H18ClNO. The van der Waals surface area contributed by atoms with Crippen LogP contribution in [0.3, 0.4) is 0 Å². The zero-order chi connectivity index (χ0) is 12.3. The third-order valence-electron chi connectivity index (χ3n) is 5.17. The van der Waals surface area contributed by atoms with Gasteiger partial charge >= 0.3 is 0 Å². The van der Waals surface area contributed by atoms with Crippen molar-refractivity contribution in [3.8, 4) is 5.75 Å². The lowest BCUT2D eigenvalue weighted by atomic mass is 9.76. The summed E-state index contributed by atoms with van der Waals surface area (Å²) in [7, 11) is 0. The molecule has 2 bridgehead atoms. The van der Waals surface area contributed by atoms with Crippen molar-refractivity contribution in [3.63, 3.8) is 0 Å². The van der Waals surface area contributed by atoms with E-state index < -0.39 is 0 Å². The van der Waals surface area contributed by atoms with Gasteiger partial charge in [0.1, 0.15) is 11.4 Å². The molecule has 96 valence electrons. The number of halogens is 1. The molecule has 0 aromatic heterocycles. The molecular weight excluding hydrogens is 246 g/mol. The fraction of sp³-hybridized carbons (Fsp3) is 0.600. The molecule has 4 rings (SSSR count). The third-order valence-corrected chi connectivity index (χ3v) is 5.40. The summed E-state index contributed by atoms with van der Waals surface area (Å²) < 4.78 is 6.40. The van der Waals surface area contributed by atoms with E-state index in [2.05, 4.69) is 0 Å². The van der Waals surface area contributed by atoms with Gasteiger partial charge < -0.3 is 10.5 Å². The van der Waals surface area contributed by atoms with Gasteiger partial charge in [-0.15, -0.1) is 0 Å². The third kappa shape index (κ3) is 1.45. The molecule has 2 aliphatic carbocycles. The van der Waals surface area contributed by atoms with Crippen LogP contribution in [0.25, 0.3) is 0 Å². The van der Waals surface area contributed by atoms with Crippen LogP contribution in [0.15, 0.2) is 18.2 Å². The SMILES string of the molecule is N[C@H]1CC2(CC3CCC2C3)Oc2ccc(Cl)cc21. The minimum Gasteiger partial charge on any atom is -0.487 e. The second-order valence-corrected chi connectivity index (χ2v) is 6.68. The zero-order valence-electron chi connectivity index (χ0n) is 10.4. The van der Waals surface area contributed by atoms with Gasteiger partial charge in [0.15, 0.2) is 0 Å². The van der Waals surface area contributed by atoms with Crippen LogP contribution in [-0.2, 0) is 0 Å². The molecule has 4 atom stereocenters. The average Bonchev–Trinajstić information content (AvgIpc) is 2.91. The van der Waals surface area contributed by atoms with Crippen molar-refractivity contribution >= 4 is 11.6 Å². The molecule has 2 nitrogen and oxygen atoms in total. The van der Waals surface area contributed by atoms with Crippen molar-refractivity contribution in [2.24, 2.45) is 17.6 Å². The predicted octanol–water partition coefficient (Wildman–Crippen LogP) is 3.68. The number of nitrogens with two attached hydrogens (primary N) is 1. The lowest BCUT2D eigenvalue weighted by molar-refractivity contribution is -0.0141. The molecule has 1 spiro atoms. The van der Waals surface area contributed by atoms with Crippen molar-refractivity contribution in [3.05, 3.63) is 28.8 Å². The van der Waals surface area contributed by atoms with Crippen LogP contribution in [0.2, 0.25) is 5.02 Å². The first-order valence-electron chi connectivity index (χ1n) is 6.90. The summed E-state index contributed by atoms with van der Waals surface area (Å²) in [6, 6.07) is 5.93. The largest absolute Gasteiger partial charge is 0.487 e. The highest BCUT2D eigenvalue weighted by atomic mass is 35.5. The summed E-state index contributed by atoms with van der Waals surface area (Å²) in [5.41, 5.74) is 7.47. The van der Waals surface area contributed by atoms with Crippen molar-refractivity contribution in [1.29, 1.82) is 0 Å². The van der Waals surface area contributed by atoms with Crippen LogP contribution in [0.5, 0.6) is 5.75 Å². The lowest BCUT2D eigenvalue weighted by Gasteiger charge is -2.44. The van der Waals surface area contributed by atoms with Crippen LogP contribution in [0.1, 0.15) is 43.7 Å². The summed E-state index contributed by atoms with van der Waals surface area (Å²) in [5.74, 6) is 2.55. The smallest absolute Gasteiger partial charge is 0.125 e. The molecule has 0 amide bonds. The van der Waals surface area contributed by atoms with Crippen LogP contribution in [0.4, 0.5) is 0 Å². The van der Waals surface area contributed by atoms with Crippen molar-refractivity contribution < 1.29 is 4.74 Å². The van der Waals surface area contributed by atoms with E-state index >= 15 is 0 Å². The molecule has 1 aromatic rings. The molecule has 1 aliphatic heterocycles. The van der Waals surface area contributed by atoms with Gasteiger partial charge in [0, 0.05) is 23.0 Å². The standard InChI is InChI=1S/C15H18ClNO/c16-11-3-4-14-12(6-11)13(17)8-15(18-14)7-9-1-2-10(15)5-9/h3-4,6,9-10,13H,1-2,5,7-8,17H2/t9?,10?,13-,15?/m0/s1. The minimum atomic E-state index is 0.0309. The summed E-state index contributed by atoms with van der Waals surface area (Å²) in [6.07, 6.45) is 6.21. The monoisotopic (exact) mass is 263 g/mol. The van der Waals surface area contributed by atoms with E-state index in [9.17, 15) is 0 Å². The van der Waals surface area contributed by atoms with Crippen molar-refractivity contribution in [1.82, 2.24) is 0 Å². The first kappa shape index (κ1) is 11.1. The number of hydrogen-bond acceptors (Lipinski definition) is 2. The van der Waals surface area contributed by atoms with E-state index in [-0.39, 0.29) is 11.6 Å². The van der Waals surface area contributed by atoms with E-state index in [1.165, 1.54) is 25.7 Å². The van der Waals surface area contributed by atoms with E-state index in [4.69, 9.17) is 22.1 Å². The maximum Gasteiger partial charge on any atom is 0.125 e. The molecule has 2 saturated carbocycles.